The Bertz CT molecular complexity index is 1200. The Hall–Kier alpha value is -3.85. The number of carbonyl (C=O) groups is 1. The summed E-state index contributed by atoms with van der Waals surface area (Å²) in [5.41, 5.74) is 2.27. The molecule has 0 atom stereocenters. The average molecular weight is 448 g/mol. The van der Waals surface area contributed by atoms with E-state index in [1.54, 1.807) is 44.8 Å². The van der Waals surface area contributed by atoms with E-state index in [2.05, 4.69) is 20.5 Å². The summed E-state index contributed by atoms with van der Waals surface area (Å²) in [6.07, 6.45) is 3.44. The highest BCUT2D eigenvalue weighted by Gasteiger charge is 2.18. The van der Waals surface area contributed by atoms with Crippen molar-refractivity contribution in [3.63, 3.8) is 0 Å². The Kier molecular flexibility index (Phi) is 6.66. The molecule has 0 radical (unpaired) electrons. The zero-order chi connectivity index (χ0) is 22.3. The molecule has 0 saturated carbocycles. The number of amides is 1. The maximum absolute atomic E-state index is 12.7. The molecule has 0 aliphatic rings. The molecule has 1 amide bonds. The van der Waals surface area contributed by atoms with Crippen molar-refractivity contribution in [2.45, 2.75) is 5.16 Å². The van der Waals surface area contributed by atoms with Crippen molar-refractivity contribution in [1.29, 1.82) is 0 Å². The molecule has 4 rings (SSSR count). The molecule has 0 aliphatic heterocycles. The summed E-state index contributed by atoms with van der Waals surface area (Å²) in [5.74, 6) is 1.76. The van der Waals surface area contributed by atoms with Gasteiger partial charge < -0.3 is 14.8 Å². The van der Waals surface area contributed by atoms with Gasteiger partial charge in [0.05, 0.1) is 25.7 Å². The summed E-state index contributed by atoms with van der Waals surface area (Å²) < 4.78 is 12.5. The first-order valence-corrected chi connectivity index (χ1v) is 10.7. The van der Waals surface area contributed by atoms with Crippen LogP contribution in [0.25, 0.3) is 17.1 Å². The normalized spacial score (nSPS) is 10.6. The van der Waals surface area contributed by atoms with E-state index in [-0.39, 0.29) is 11.7 Å². The lowest BCUT2D eigenvalue weighted by molar-refractivity contribution is -0.113. The third kappa shape index (κ3) is 4.73. The van der Waals surface area contributed by atoms with Crippen LogP contribution in [0.1, 0.15) is 0 Å². The first-order chi connectivity index (χ1) is 15.7. The van der Waals surface area contributed by atoms with Gasteiger partial charge in [0.15, 0.2) is 11.0 Å². The van der Waals surface area contributed by atoms with Crippen LogP contribution in [0.15, 0.2) is 78.2 Å². The Morgan fingerprint density at radius 2 is 1.88 bits per heavy atom. The average Bonchev–Trinajstić information content (AvgIpc) is 3.28. The molecule has 2 aromatic carbocycles. The molecule has 8 nitrogen and oxygen atoms in total. The second-order valence-corrected chi connectivity index (χ2v) is 7.56. The summed E-state index contributed by atoms with van der Waals surface area (Å²) in [6, 6.07) is 18.8. The highest BCUT2D eigenvalue weighted by molar-refractivity contribution is 7.99. The van der Waals surface area contributed by atoms with Crippen molar-refractivity contribution in [2.75, 3.05) is 25.3 Å². The Morgan fingerprint density at radius 3 is 2.59 bits per heavy atom. The molecular formula is C23H21N5O3S. The first-order valence-electron chi connectivity index (χ1n) is 9.75. The molecule has 9 heteroatoms. The molecule has 2 aromatic heterocycles. The van der Waals surface area contributed by atoms with Crippen LogP contribution in [-0.4, -0.2) is 45.6 Å². The number of para-hydroxylation sites is 1. The molecule has 4 aromatic rings. The van der Waals surface area contributed by atoms with E-state index in [4.69, 9.17) is 9.47 Å². The van der Waals surface area contributed by atoms with Gasteiger partial charge in [-0.3, -0.25) is 14.3 Å². The number of aromatic nitrogens is 4. The number of nitrogens with zero attached hydrogens (tertiary/aromatic N) is 4. The number of pyridine rings is 1. The Balaban J connectivity index is 1.56. The zero-order valence-electron chi connectivity index (χ0n) is 17.6. The summed E-state index contributed by atoms with van der Waals surface area (Å²) in [5, 5.41) is 12.2. The monoisotopic (exact) mass is 447 g/mol. The Labute approximate surface area is 189 Å². The topological polar surface area (TPSA) is 91.2 Å². The van der Waals surface area contributed by atoms with Gasteiger partial charge in [-0.05, 0) is 36.4 Å². The quantitative estimate of drug-likeness (QED) is 0.407. The van der Waals surface area contributed by atoms with Crippen molar-refractivity contribution in [1.82, 2.24) is 19.7 Å². The fraction of sp³-hybridized carbons (Fsp3) is 0.130. The van der Waals surface area contributed by atoms with Crippen LogP contribution in [0.3, 0.4) is 0 Å². The molecule has 0 unspecified atom stereocenters. The molecule has 1 N–H and O–H groups in total. The number of hydrogen-bond acceptors (Lipinski definition) is 7. The number of nitrogens with one attached hydrogen (secondary N) is 1. The molecule has 0 fully saturated rings. The molecule has 32 heavy (non-hydrogen) atoms. The minimum atomic E-state index is -0.202. The lowest BCUT2D eigenvalue weighted by atomic mass is 10.2. The first kappa shape index (κ1) is 21.4. The second kappa shape index (κ2) is 9.97. The van der Waals surface area contributed by atoms with Crippen LogP contribution in [-0.2, 0) is 4.79 Å². The number of methoxy groups -OCH3 is 2. The van der Waals surface area contributed by atoms with Crippen molar-refractivity contribution >= 4 is 23.4 Å². The standard InChI is InChI=1S/C23H21N5O3S/c1-30-18-10-11-20(31-2)19(13-18)25-21(29)15-32-23-27-26-22(16-7-6-12-24-14-16)28(23)17-8-4-3-5-9-17/h3-14H,15H2,1-2H3,(H,25,29). The minimum Gasteiger partial charge on any atom is -0.497 e. The largest absolute Gasteiger partial charge is 0.497 e. The minimum absolute atomic E-state index is 0.137. The lowest BCUT2D eigenvalue weighted by Crippen LogP contribution is -2.15. The number of anilines is 1. The van der Waals surface area contributed by atoms with Crippen molar-refractivity contribution in [3.8, 4) is 28.6 Å². The van der Waals surface area contributed by atoms with Gasteiger partial charge in [-0.2, -0.15) is 0 Å². The molecule has 0 saturated heterocycles. The smallest absolute Gasteiger partial charge is 0.234 e. The van der Waals surface area contributed by atoms with Crippen LogP contribution in [0.2, 0.25) is 0 Å². The summed E-state index contributed by atoms with van der Waals surface area (Å²) in [4.78, 5) is 16.9. The molecule has 0 aliphatic carbocycles. The van der Waals surface area contributed by atoms with E-state index in [9.17, 15) is 4.79 Å². The summed E-state index contributed by atoms with van der Waals surface area (Å²) >= 11 is 1.29. The predicted octanol–water partition coefficient (Wildman–Crippen LogP) is 4.08. The molecule has 0 spiro atoms. The maximum Gasteiger partial charge on any atom is 0.234 e. The SMILES string of the molecule is COc1ccc(OC)c(NC(=O)CSc2nnc(-c3cccnc3)n2-c2ccccc2)c1. The van der Waals surface area contributed by atoms with Crippen LogP contribution >= 0.6 is 11.8 Å². The summed E-state index contributed by atoms with van der Waals surface area (Å²) in [6.45, 7) is 0. The van der Waals surface area contributed by atoms with Gasteiger partial charge in [-0.15, -0.1) is 10.2 Å². The fourth-order valence-electron chi connectivity index (χ4n) is 3.08. The maximum atomic E-state index is 12.7. The van der Waals surface area contributed by atoms with Gasteiger partial charge in [0.2, 0.25) is 5.91 Å². The summed E-state index contributed by atoms with van der Waals surface area (Å²) in [7, 11) is 3.12. The van der Waals surface area contributed by atoms with Gasteiger partial charge in [0, 0.05) is 29.7 Å². The van der Waals surface area contributed by atoms with E-state index in [0.29, 0.717) is 28.2 Å². The van der Waals surface area contributed by atoms with Gasteiger partial charge in [-0.25, -0.2) is 0 Å². The van der Waals surface area contributed by atoms with Gasteiger partial charge in [-0.1, -0.05) is 30.0 Å². The second-order valence-electron chi connectivity index (χ2n) is 6.62. The van der Waals surface area contributed by atoms with Crippen LogP contribution < -0.4 is 14.8 Å². The highest BCUT2D eigenvalue weighted by atomic mass is 32.2. The van der Waals surface area contributed by atoms with Crippen molar-refractivity contribution in [2.24, 2.45) is 0 Å². The van der Waals surface area contributed by atoms with E-state index in [1.165, 1.54) is 11.8 Å². The Morgan fingerprint density at radius 1 is 1.03 bits per heavy atom. The number of carbonyl (C=O) groups excluding carboxylic acids is 1. The van der Waals surface area contributed by atoms with E-state index >= 15 is 0 Å². The van der Waals surface area contributed by atoms with E-state index in [0.717, 1.165) is 11.3 Å². The number of benzene rings is 2. The highest BCUT2D eigenvalue weighted by Crippen LogP contribution is 2.30. The van der Waals surface area contributed by atoms with E-state index < -0.39 is 0 Å². The molecule has 162 valence electrons. The molecular weight excluding hydrogens is 426 g/mol. The van der Waals surface area contributed by atoms with Crippen LogP contribution in [0.4, 0.5) is 5.69 Å². The van der Waals surface area contributed by atoms with Crippen LogP contribution in [0, 0.1) is 0 Å². The van der Waals surface area contributed by atoms with Gasteiger partial charge >= 0.3 is 0 Å². The lowest BCUT2D eigenvalue weighted by Gasteiger charge is -2.12. The third-order valence-corrected chi connectivity index (χ3v) is 5.51. The van der Waals surface area contributed by atoms with E-state index in [1.807, 2.05) is 47.0 Å². The van der Waals surface area contributed by atoms with Crippen molar-refractivity contribution < 1.29 is 14.3 Å². The zero-order valence-corrected chi connectivity index (χ0v) is 18.4. The van der Waals surface area contributed by atoms with Gasteiger partial charge in [0.25, 0.3) is 0 Å². The molecule has 2 heterocycles. The number of ether oxygens (including phenoxy) is 2. The number of thioether (sulfide) groups is 1. The third-order valence-electron chi connectivity index (χ3n) is 4.58. The fourth-order valence-corrected chi connectivity index (χ4v) is 3.84. The van der Waals surface area contributed by atoms with Crippen molar-refractivity contribution in [3.05, 3.63) is 73.1 Å². The van der Waals surface area contributed by atoms with Gasteiger partial charge in [0.1, 0.15) is 11.5 Å². The predicted molar refractivity (Wildman–Crippen MR) is 123 cm³/mol. The van der Waals surface area contributed by atoms with Crippen LogP contribution in [0.5, 0.6) is 11.5 Å². The number of rotatable bonds is 8. The number of hydrogen-bond donors (Lipinski definition) is 1. The molecule has 0 bridgehead atoms.